The molecule has 0 bridgehead atoms. The van der Waals surface area contributed by atoms with Gasteiger partial charge in [0, 0.05) is 5.92 Å². The van der Waals surface area contributed by atoms with Crippen LogP contribution >= 0.6 is 11.3 Å². The first-order valence-corrected chi connectivity index (χ1v) is 6.71. The Labute approximate surface area is 107 Å². The Kier molecular flexibility index (Phi) is 2.09. The van der Waals surface area contributed by atoms with E-state index in [0.717, 1.165) is 9.97 Å². The van der Waals surface area contributed by atoms with Crippen LogP contribution in [-0.4, -0.2) is 19.7 Å². The van der Waals surface area contributed by atoms with E-state index in [2.05, 4.69) is 10.1 Å². The smallest absolute Gasteiger partial charge is 0.213 e. The van der Waals surface area contributed by atoms with E-state index < -0.39 is 0 Å². The third kappa shape index (κ3) is 1.42. The lowest BCUT2D eigenvalue weighted by Gasteiger charge is -1.96. The van der Waals surface area contributed by atoms with Gasteiger partial charge in [-0.05, 0) is 25.0 Å². The summed E-state index contributed by atoms with van der Waals surface area (Å²) < 4.78 is 7.09. The summed E-state index contributed by atoms with van der Waals surface area (Å²) in [6.45, 7) is -0.0922. The third-order valence-corrected chi connectivity index (χ3v) is 4.21. The monoisotopic (exact) mass is 261 g/mol. The zero-order valence-electron chi connectivity index (χ0n) is 9.54. The predicted octanol–water partition coefficient (Wildman–Crippen LogP) is 2.42. The molecule has 0 unspecified atom stereocenters. The van der Waals surface area contributed by atoms with Crippen molar-refractivity contribution in [1.82, 2.24) is 14.6 Å². The number of furan rings is 1. The van der Waals surface area contributed by atoms with Crippen molar-refractivity contribution in [3.63, 3.8) is 0 Å². The van der Waals surface area contributed by atoms with Crippen LogP contribution in [0.1, 0.15) is 29.5 Å². The molecule has 0 atom stereocenters. The van der Waals surface area contributed by atoms with Gasteiger partial charge in [-0.25, -0.2) is 9.50 Å². The summed E-state index contributed by atoms with van der Waals surface area (Å²) in [5.74, 6) is 1.28. The molecule has 1 aliphatic carbocycles. The van der Waals surface area contributed by atoms with E-state index in [9.17, 15) is 5.11 Å². The number of aliphatic hydroxyl groups is 1. The number of aromatic nitrogens is 3. The fourth-order valence-electron chi connectivity index (χ4n) is 2.05. The second kappa shape index (κ2) is 3.66. The molecule has 1 aliphatic rings. The summed E-state index contributed by atoms with van der Waals surface area (Å²) in [4.78, 5) is 5.35. The Balaban J connectivity index is 1.91. The van der Waals surface area contributed by atoms with Gasteiger partial charge in [0.2, 0.25) is 4.96 Å². The topological polar surface area (TPSA) is 63.6 Å². The van der Waals surface area contributed by atoms with Crippen LogP contribution in [0, 0.1) is 0 Å². The van der Waals surface area contributed by atoms with E-state index in [0.29, 0.717) is 23.1 Å². The van der Waals surface area contributed by atoms with E-state index in [1.54, 1.807) is 22.1 Å². The zero-order valence-corrected chi connectivity index (χ0v) is 10.4. The standard InChI is InChI=1S/C12H11N3O2S/c16-6-8-10(9-2-1-5-17-9)13-12-15(8)14-11(18-12)7-3-4-7/h1-2,5,7,16H,3-4,6H2. The van der Waals surface area contributed by atoms with Crippen LogP contribution in [0.3, 0.4) is 0 Å². The molecule has 0 radical (unpaired) electrons. The highest BCUT2D eigenvalue weighted by Gasteiger charge is 2.29. The molecule has 0 aliphatic heterocycles. The van der Waals surface area contributed by atoms with Crippen LogP contribution in [-0.2, 0) is 6.61 Å². The molecule has 18 heavy (non-hydrogen) atoms. The van der Waals surface area contributed by atoms with Gasteiger partial charge < -0.3 is 9.52 Å². The SMILES string of the molecule is OCc1c(-c2ccco2)nc2sc(C3CC3)nn12. The van der Waals surface area contributed by atoms with Crippen molar-refractivity contribution in [3.8, 4) is 11.5 Å². The van der Waals surface area contributed by atoms with Gasteiger partial charge in [0.15, 0.2) is 5.76 Å². The molecule has 3 heterocycles. The first-order valence-electron chi connectivity index (χ1n) is 5.90. The van der Waals surface area contributed by atoms with Gasteiger partial charge in [-0.3, -0.25) is 0 Å². The first-order chi connectivity index (χ1) is 8.86. The number of nitrogens with zero attached hydrogens (tertiary/aromatic N) is 3. The fraction of sp³-hybridized carbons (Fsp3) is 0.333. The second-order valence-electron chi connectivity index (χ2n) is 4.45. The molecule has 4 rings (SSSR count). The van der Waals surface area contributed by atoms with Gasteiger partial charge in [-0.2, -0.15) is 5.10 Å². The molecule has 3 aromatic heterocycles. The van der Waals surface area contributed by atoms with Crippen LogP contribution in [0.2, 0.25) is 0 Å². The Hall–Kier alpha value is -1.66. The molecule has 1 N–H and O–H groups in total. The van der Waals surface area contributed by atoms with Crippen LogP contribution in [0.5, 0.6) is 0 Å². The van der Waals surface area contributed by atoms with Gasteiger partial charge in [0.1, 0.15) is 16.4 Å². The van der Waals surface area contributed by atoms with Crippen molar-refractivity contribution in [1.29, 1.82) is 0 Å². The lowest BCUT2D eigenvalue weighted by Crippen LogP contribution is -1.95. The maximum Gasteiger partial charge on any atom is 0.213 e. The molecule has 0 saturated heterocycles. The minimum absolute atomic E-state index is 0.0922. The van der Waals surface area contributed by atoms with Gasteiger partial charge in [-0.1, -0.05) is 11.3 Å². The second-order valence-corrected chi connectivity index (χ2v) is 5.44. The van der Waals surface area contributed by atoms with Crippen molar-refractivity contribution in [2.45, 2.75) is 25.4 Å². The minimum atomic E-state index is -0.0922. The summed E-state index contributed by atoms with van der Waals surface area (Å²) in [5, 5.41) is 15.2. The highest BCUT2D eigenvalue weighted by Crippen LogP contribution is 2.42. The van der Waals surface area contributed by atoms with Crippen molar-refractivity contribution >= 4 is 16.3 Å². The zero-order chi connectivity index (χ0) is 12.1. The van der Waals surface area contributed by atoms with E-state index in [4.69, 9.17) is 4.42 Å². The van der Waals surface area contributed by atoms with Gasteiger partial charge in [0.05, 0.1) is 12.9 Å². The number of aliphatic hydroxyl groups excluding tert-OH is 1. The third-order valence-electron chi connectivity index (χ3n) is 3.14. The largest absolute Gasteiger partial charge is 0.463 e. The molecule has 1 fully saturated rings. The van der Waals surface area contributed by atoms with Gasteiger partial charge in [-0.15, -0.1) is 0 Å². The van der Waals surface area contributed by atoms with Crippen LogP contribution in [0.4, 0.5) is 0 Å². The lowest BCUT2D eigenvalue weighted by molar-refractivity contribution is 0.274. The maximum atomic E-state index is 9.53. The molecule has 6 heteroatoms. The summed E-state index contributed by atoms with van der Waals surface area (Å²) in [7, 11) is 0. The summed E-state index contributed by atoms with van der Waals surface area (Å²) in [5.41, 5.74) is 1.38. The van der Waals surface area contributed by atoms with E-state index in [1.807, 2.05) is 12.1 Å². The quantitative estimate of drug-likeness (QED) is 0.786. The molecule has 3 aromatic rings. The Bertz CT molecular complexity index is 694. The molecule has 5 nitrogen and oxygen atoms in total. The van der Waals surface area contributed by atoms with Crippen molar-refractivity contribution in [2.24, 2.45) is 0 Å². The number of hydrogen-bond donors (Lipinski definition) is 1. The first kappa shape index (κ1) is 10.3. The van der Waals surface area contributed by atoms with Crippen LogP contribution in [0.25, 0.3) is 16.4 Å². The minimum Gasteiger partial charge on any atom is -0.463 e. The van der Waals surface area contributed by atoms with E-state index >= 15 is 0 Å². The van der Waals surface area contributed by atoms with Gasteiger partial charge >= 0.3 is 0 Å². The summed E-state index contributed by atoms with van der Waals surface area (Å²) in [6, 6.07) is 3.65. The van der Waals surface area contributed by atoms with Crippen LogP contribution in [0.15, 0.2) is 22.8 Å². The Morgan fingerprint density at radius 3 is 3.06 bits per heavy atom. The Morgan fingerprint density at radius 2 is 2.39 bits per heavy atom. The van der Waals surface area contributed by atoms with Crippen molar-refractivity contribution in [3.05, 3.63) is 29.1 Å². The predicted molar refractivity (Wildman–Crippen MR) is 66.5 cm³/mol. The van der Waals surface area contributed by atoms with Crippen LogP contribution < -0.4 is 0 Å². The number of imidazole rings is 1. The molecule has 0 amide bonds. The molecule has 1 saturated carbocycles. The molecular weight excluding hydrogens is 250 g/mol. The lowest BCUT2D eigenvalue weighted by atomic mass is 10.3. The number of fused-ring (bicyclic) bond motifs is 1. The summed E-state index contributed by atoms with van der Waals surface area (Å²) >= 11 is 1.60. The highest BCUT2D eigenvalue weighted by molar-refractivity contribution is 7.16. The highest BCUT2D eigenvalue weighted by atomic mass is 32.1. The molecule has 0 aromatic carbocycles. The molecular formula is C12H11N3O2S. The molecule has 0 spiro atoms. The average molecular weight is 261 g/mol. The Morgan fingerprint density at radius 1 is 1.50 bits per heavy atom. The fourth-order valence-corrected chi connectivity index (χ4v) is 3.14. The number of rotatable bonds is 3. The summed E-state index contributed by atoms with van der Waals surface area (Å²) in [6.07, 6.45) is 4.04. The number of hydrogen-bond acceptors (Lipinski definition) is 5. The molecule has 92 valence electrons. The van der Waals surface area contributed by atoms with Crippen molar-refractivity contribution in [2.75, 3.05) is 0 Å². The van der Waals surface area contributed by atoms with E-state index in [1.165, 1.54) is 12.8 Å². The van der Waals surface area contributed by atoms with Gasteiger partial charge in [0.25, 0.3) is 0 Å². The maximum absolute atomic E-state index is 9.53. The normalized spacial score (nSPS) is 15.6. The van der Waals surface area contributed by atoms with Crippen molar-refractivity contribution < 1.29 is 9.52 Å². The average Bonchev–Trinajstić information content (AvgIpc) is 2.83. The van der Waals surface area contributed by atoms with E-state index in [-0.39, 0.29) is 6.61 Å².